The van der Waals surface area contributed by atoms with Crippen LogP contribution in [-0.4, -0.2) is 29.8 Å². The highest BCUT2D eigenvalue weighted by Gasteiger charge is 2.41. The van der Waals surface area contributed by atoms with Crippen molar-refractivity contribution in [1.29, 1.82) is 0 Å². The number of furan rings is 1. The second kappa shape index (κ2) is 5.55. The molecule has 1 aromatic carbocycles. The summed E-state index contributed by atoms with van der Waals surface area (Å²) in [5, 5.41) is 8.94. The number of nitrogens with zero attached hydrogens (tertiary/aromatic N) is 1. The summed E-state index contributed by atoms with van der Waals surface area (Å²) in [7, 11) is 1.35. The number of hydrogen-bond donors (Lipinski definition) is 1. The monoisotopic (exact) mass is 335 g/mol. The molecule has 8 heteroatoms. The Morgan fingerprint density at radius 3 is 2.58 bits per heavy atom. The first-order valence-electron chi connectivity index (χ1n) is 6.92. The molecule has 0 radical (unpaired) electrons. The van der Waals surface area contributed by atoms with Crippen LogP contribution in [0.1, 0.15) is 26.5 Å². The molecular formula is C16H11F2NO5. The first kappa shape index (κ1) is 15.9. The van der Waals surface area contributed by atoms with Crippen LogP contribution in [0.15, 0.2) is 28.7 Å². The molecule has 6 nitrogen and oxygen atoms in total. The van der Waals surface area contributed by atoms with Crippen molar-refractivity contribution in [2.45, 2.75) is 6.42 Å². The third kappa shape index (κ3) is 2.45. The zero-order valence-electron chi connectivity index (χ0n) is 12.4. The number of ketones is 1. The van der Waals surface area contributed by atoms with Crippen molar-refractivity contribution in [2.75, 3.05) is 11.9 Å². The van der Waals surface area contributed by atoms with E-state index < -0.39 is 41.0 Å². The minimum atomic E-state index is -1.37. The topological polar surface area (TPSA) is 87.8 Å². The summed E-state index contributed by atoms with van der Waals surface area (Å²) in [5.41, 5.74) is 0.251. The first-order valence-corrected chi connectivity index (χ1v) is 6.92. The maximum atomic E-state index is 13.3. The molecule has 0 bridgehead atoms. The molecule has 2 heterocycles. The molecule has 1 amide bonds. The van der Waals surface area contributed by atoms with Gasteiger partial charge in [0.05, 0.1) is 5.56 Å². The highest BCUT2D eigenvalue weighted by molar-refractivity contribution is 6.21. The molecule has 0 spiro atoms. The van der Waals surface area contributed by atoms with Gasteiger partial charge in [0.1, 0.15) is 5.92 Å². The van der Waals surface area contributed by atoms with Crippen LogP contribution in [0.3, 0.4) is 0 Å². The summed E-state index contributed by atoms with van der Waals surface area (Å²) < 4.78 is 31.3. The molecular weight excluding hydrogens is 324 g/mol. The minimum Gasteiger partial charge on any atom is -0.475 e. The fourth-order valence-corrected chi connectivity index (χ4v) is 2.63. The van der Waals surface area contributed by atoms with E-state index >= 15 is 0 Å². The molecule has 1 N–H and O–H groups in total. The smallest absolute Gasteiger partial charge is 0.371 e. The molecule has 1 aliphatic rings. The Morgan fingerprint density at radius 2 is 1.96 bits per heavy atom. The van der Waals surface area contributed by atoms with E-state index in [0.29, 0.717) is 0 Å². The predicted molar refractivity (Wildman–Crippen MR) is 77.0 cm³/mol. The number of halogens is 2. The van der Waals surface area contributed by atoms with E-state index in [1.807, 2.05) is 0 Å². The average molecular weight is 335 g/mol. The van der Waals surface area contributed by atoms with Gasteiger partial charge in [0.15, 0.2) is 17.4 Å². The Bertz CT molecular complexity index is 873. The van der Waals surface area contributed by atoms with Crippen molar-refractivity contribution < 1.29 is 32.7 Å². The van der Waals surface area contributed by atoms with E-state index in [2.05, 4.69) is 0 Å². The average Bonchev–Trinajstić information content (AvgIpc) is 2.99. The van der Waals surface area contributed by atoms with Crippen LogP contribution in [0.25, 0.3) is 0 Å². The standard InChI is InChI=1S/C16H11F2NO5/c1-19-14(21)8(4-7-2-3-10(17)11(18)5-7)13(20)9-6-12(16(22)23)24-15(9)19/h2-3,5-6,8H,4H2,1H3,(H,22,23). The third-order valence-corrected chi connectivity index (χ3v) is 3.86. The van der Waals surface area contributed by atoms with Crippen molar-refractivity contribution in [1.82, 2.24) is 0 Å². The molecule has 2 aromatic rings. The summed E-state index contributed by atoms with van der Waals surface area (Å²) in [6.45, 7) is 0. The Kier molecular flexibility index (Phi) is 3.67. The van der Waals surface area contributed by atoms with Crippen LogP contribution in [0.4, 0.5) is 14.7 Å². The van der Waals surface area contributed by atoms with Gasteiger partial charge in [-0.3, -0.25) is 14.5 Å². The van der Waals surface area contributed by atoms with Crippen molar-refractivity contribution in [3.63, 3.8) is 0 Å². The zero-order chi connectivity index (χ0) is 17.6. The quantitative estimate of drug-likeness (QED) is 0.870. The number of benzene rings is 1. The molecule has 124 valence electrons. The van der Waals surface area contributed by atoms with Crippen molar-refractivity contribution >= 4 is 23.5 Å². The highest BCUT2D eigenvalue weighted by atomic mass is 19.2. The fraction of sp³-hybridized carbons (Fsp3) is 0.188. The van der Waals surface area contributed by atoms with E-state index in [1.165, 1.54) is 13.1 Å². The number of carbonyl (C=O) groups is 3. The lowest BCUT2D eigenvalue weighted by atomic mass is 9.88. The van der Waals surface area contributed by atoms with Gasteiger partial charge in [-0.15, -0.1) is 0 Å². The van der Waals surface area contributed by atoms with Crippen LogP contribution < -0.4 is 4.90 Å². The normalized spacial score (nSPS) is 17.1. The summed E-state index contributed by atoms with van der Waals surface area (Å²) >= 11 is 0. The molecule has 1 aromatic heterocycles. The molecule has 24 heavy (non-hydrogen) atoms. The predicted octanol–water partition coefficient (Wildman–Crippen LogP) is 2.27. The lowest BCUT2D eigenvalue weighted by molar-refractivity contribution is -0.121. The molecule has 1 atom stereocenters. The number of amides is 1. The van der Waals surface area contributed by atoms with Crippen LogP contribution in [0.2, 0.25) is 0 Å². The van der Waals surface area contributed by atoms with Crippen molar-refractivity contribution in [3.05, 3.63) is 52.8 Å². The van der Waals surface area contributed by atoms with Crippen LogP contribution in [0, 0.1) is 17.6 Å². The summed E-state index contributed by atoms with van der Waals surface area (Å²) in [6, 6.07) is 4.18. The number of hydrogen-bond acceptors (Lipinski definition) is 4. The second-order valence-electron chi connectivity index (χ2n) is 5.40. The highest BCUT2D eigenvalue weighted by Crippen LogP contribution is 2.34. The lowest BCUT2D eigenvalue weighted by Crippen LogP contribution is -2.42. The van der Waals surface area contributed by atoms with E-state index in [-0.39, 0.29) is 23.4 Å². The number of carboxylic acids is 1. The molecule has 1 aliphatic heterocycles. The van der Waals surface area contributed by atoms with E-state index in [0.717, 1.165) is 23.1 Å². The number of carbonyl (C=O) groups excluding carboxylic acids is 2. The molecule has 0 saturated heterocycles. The number of carboxylic acid groups (broad SMARTS) is 1. The number of fused-ring (bicyclic) bond motifs is 1. The van der Waals surface area contributed by atoms with Gasteiger partial charge >= 0.3 is 5.97 Å². The SMILES string of the molecule is CN1C(=O)C(Cc2ccc(F)c(F)c2)C(=O)c2cc(C(=O)O)oc21. The Balaban J connectivity index is 1.97. The summed E-state index contributed by atoms with van der Waals surface area (Å²) in [5.74, 6) is -6.45. The zero-order valence-corrected chi connectivity index (χ0v) is 12.4. The Hall–Kier alpha value is -3.03. The maximum Gasteiger partial charge on any atom is 0.371 e. The Morgan fingerprint density at radius 1 is 1.25 bits per heavy atom. The molecule has 0 aliphatic carbocycles. The molecule has 1 unspecified atom stereocenters. The summed E-state index contributed by atoms with van der Waals surface area (Å²) in [4.78, 5) is 36.9. The Labute approximate surface area is 134 Å². The van der Waals surface area contributed by atoms with E-state index in [9.17, 15) is 23.2 Å². The number of aromatic carboxylic acids is 1. The van der Waals surface area contributed by atoms with E-state index in [1.54, 1.807) is 0 Å². The van der Waals surface area contributed by atoms with Crippen LogP contribution >= 0.6 is 0 Å². The number of rotatable bonds is 3. The van der Waals surface area contributed by atoms with Crippen LogP contribution in [0.5, 0.6) is 0 Å². The minimum absolute atomic E-state index is 0.0258. The van der Waals surface area contributed by atoms with E-state index in [4.69, 9.17) is 9.52 Å². The number of Topliss-reactive ketones (excluding diaryl/α,β-unsaturated/α-hetero) is 1. The first-order chi connectivity index (χ1) is 11.3. The van der Waals surface area contributed by atoms with Gasteiger partial charge in [0.25, 0.3) is 0 Å². The largest absolute Gasteiger partial charge is 0.475 e. The van der Waals surface area contributed by atoms with Gasteiger partial charge in [-0.25, -0.2) is 13.6 Å². The molecule has 0 saturated carbocycles. The maximum absolute atomic E-state index is 13.3. The van der Waals surface area contributed by atoms with Gasteiger partial charge in [-0.05, 0) is 24.1 Å². The van der Waals surface area contributed by atoms with Gasteiger partial charge < -0.3 is 9.52 Å². The van der Waals surface area contributed by atoms with Gasteiger partial charge in [-0.1, -0.05) is 6.07 Å². The van der Waals surface area contributed by atoms with Gasteiger partial charge in [-0.2, -0.15) is 0 Å². The molecule has 3 rings (SSSR count). The van der Waals surface area contributed by atoms with Gasteiger partial charge in [0.2, 0.25) is 17.6 Å². The van der Waals surface area contributed by atoms with Gasteiger partial charge in [0, 0.05) is 13.1 Å². The van der Waals surface area contributed by atoms with Crippen molar-refractivity contribution in [2.24, 2.45) is 5.92 Å². The lowest BCUT2D eigenvalue weighted by Gasteiger charge is -2.26. The van der Waals surface area contributed by atoms with Crippen LogP contribution in [-0.2, 0) is 11.2 Å². The number of anilines is 1. The third-order valence-electron chi connectivity index (χ3n) is 3.86. The van der Waals surface area contributed by atoms with Crippen molar-refractivity contribution in [3.8, 4) is 0 Å². The summed E-state index contributed by atoms with van der Waals surface area (Å²) in [6.07, 6.45) is -0.133. The molecule has 0 fully saturated rings. The second-order valence-corrected chi connectivity index (χ2v) is 5.40. The fourth-order valence-electron chi connectivity index (χ4n) is 2.63.